The molecular formula is C17H25ClN2O3. The van der Waals surface area contributed by atoms with E-state index in [-0.39, 0.29) is 36.7 Å². The number of halogens is 1. The Morgan fingerprint density at radius 3 is 2.52 bits per heavy atom. The van der Waals surface area contributed by atoms with Gasteiger partial charge in [0.2, 0.25) is 5.91 Å². The van der Waals surface area contributed by atoms with Gasteiger partial charge in [-0.2, -0.15) is 0 Å². The van der Waals surface area contributed by atoms with Crippen molar-refractivity contribution >= 4 is 24.3 Å². The van der Waals surface area contributed by atoms with Crippen LogP contribution in [0.2, 0.25) is 0 Å². The number of amides is 1. The molecule has 0 spiro atoms. The van der Waals surface area contributed by atoms with Gasteiger partial charge in [0.25, 0.3) is 0 Å². The van der Waals surface area contributed by atoms with E-state index in [9.17, 15) is 9.59 Å². The van der Waals surface area contributed by atoms with Crippen LogP contribution in [0.3, 0.4) is 0 Å². The quantitative estimate of drug-likeness (QED) is 0.776. The molecule has 1 aromatic rings. The van der Waals surface area contributed by atoms with Crippen LogP contribution in [0.15, 0.2) is 30.3 Å². The topological polar surface area (TPSA) is 67.4 Å². The zero-order valence-corrected chi connectivity index (χ0v) is 14.2. The first kappa shape index (κ1) is 19.5. The van der Waals surface area contributed by atoms with E-state index < -0.39 is 5.92 Å². The summed E-state index contributed by atoms with van der Waals surface area (Å²) in [6.07, 6.45) is 1.70. The first-order chi connectivity index (χ1) is 10.7. The lowest BCUT2D eigenvalue weighted by atomic mass is 9.95. The zero-order chi connectivity index (χ0) is 15.8. The molecule has 0 radical (unpaired) electrons. The van der Waals surface area contributed by atoms with E-state index in [0.717, 1.165) is 31.5 Å². The van der Waals surface area contributed by atoms with Crippen molar-refractivity contribution in [2.75, 3.05) is 26.2 Å². The molecule has 0 bridgehead atoms. The lowest BCUT2D eigenvalue weighted by molar-refractivity contribution is -0.145. The van der Waals surface area contributed by atoms with Crippen molar-refractivity contribution in [3.63, 3.8) is 0 Å². The first-order valence-corrected chi connectivity index (χ1v) is 7.92. The Kier molecular flexibility index (Phi) is 8.66. The highest BCUT2D eigenvalue weighted by atomic mass is 35.5. The molecular weight excluding hydrogens is 316 g/mol. The summed E-state index contributed by atoms with van der Waals surface area (Å²) in [6.45, 7) is 4.15. The second-order valence-electron chi connectivity index (χ2n) is 5.48. The number of benzene rings is 1. The lowest BCUT2D eigenvalue weighted by Crippen LogP contribution is -2.40. The van der Waals surface area contributed by atoms with Crippen LogP contribution in [0.4, 0.5) is 0 Å². The molecule has 0 aromatic heterocycles. The van der Waals surface area contributed by atoms with Gasteiger partial charge in [-0.05, 0) is 38.4 Å². The molecule has 1 aromatic carbocycles. The number of rotatable bonds is 6. The minimum Gasteiger partial charge on any atom is -0.465 e. The van der Waals surface area contributed by atoms with Gasteiger partial charge in [0.05, 0.1) is 12.5 Å². The molecule has 1 atom stereocenters. The summed E-state index contributed by atoms with van der Waals surface area (Å²) in [6, 6.07) is 9.45. The van der Waals surface area contributed by atoms with E-state index in [1.807, 2.05) is 30.3 Å². The van der Waals surface area contributed by atoms with Crippen LogP contribution in [0.1, 0.15) is 31.2 Å². The number of esters is 1. The van der Waals surface area contributed by atoms with Gasteiger partial charge >= 0.3 is 5.97 Å². The Hall–Kier alpha value is -1.59. The van der Waals surface area contributed by atoms with Gasteiger partial charge in [-0.25, -0.2) is 0 Å². The number of carbonyl (C=O) groups is 2. The van der Waals surface area contributed by atoms with Gasteiger partial charge in [0.1, 0.15) is 0 Å². The van der Waals surface area contributed by atoms with Gasteiger partial charge in [0.15, 0.2) is 0 Å². The maximum atomic E-state index is 12.2. The second-order valence-corrected chi connectivity index (χ2v) is 5.48. The van der Waals surface area contributed by atoms with Crippen LogP contribution in [0.25, 0.3) is 0 Å². The second kappa shape index (κ2) is 10.2. The molecule has 1 aliphatic heterocycles. The maximum Gasteiger partial charge on any atom is 0.315 e. The predicted molar refractivity (Wildman–Crippen MR) is 91.7 cm³/mol. The van der Waals surface area contributed by atoms with Gasteiger partial charge in [-0.15, -0.1) is 12.4 Å². The number of hydrogen-bond donors (Lipinski definition) is 2. The molecule has 128 valence electrons. The third-order valence-electron chi connectivity index (χ3n) is 3.96. The molecule has 1 saturated heterocycles. The Labute approximate surface area is 143 Å². The summed E-state index contributed by atoms with van der Waals surface area (Å²) in [4.78, 5) is 24.4. The summed E-state index contributed by atoms with van der Waals surface area (Å²) < 4.78 is 5.14. The van der Waals surface area contributed by atoms with Crippen molar-refractivity contribution in [1.82, 2.24) is 10.6 Å². The Morgan fingerprint density at radius 1 is 1.26 bits per heavy atom. The minimum atomic E-state index is -0.452. The van der Waals surface area contributed by atoms with Crippen molar-refractivity contribution in [1.29, 1.82) is 0 Å². The fourth-order valence-electron chi connectivity index (χ4n) is 2.70. The zero-order valence-electron chi connectivity index (χ0n) is 13.4. The van der Waals surface area contributed by atoms with Crippen molar-refractivity contribution in [2.24, 2.45) is 5.92 Å². The standard InChI is InChI=1S/C17H24N2O3.ClH/c1-2-22-17(21)15(13-6-4-3-5-7-13)12-19-16(20)14-8-10-18-11-9-14;/h3-7,14-15,18H,2,8-12H2,1H3,(H,19,20);1H. The Bertz CT molecular complexity index is 490. The van der Waals surface area contributed by atoms with Crippen LogP contribution in [-0.4, -0.2) is 38.1 Å². The van der Waals surface area contributed by atoms with E-state index in [1.165, 1.54) is 0 Å². The van der Waals surface area contributed by atoms with E-state index in [4.69, 9.17) is 4.74 Å². The average Bonchev–Trinajstić information content (AvgIpc) is 2.57. The van der Waals surface area contributed by atoms with Crippen LogP contribution in [0, 0.1) is 5.92 Å². The number of ether oxygens (including phenoxy) is 1. The van der Waals surface area contributed by atoms with Crippen molar-refractivity contribution in [3.8, 4) is 0 Å². The number of hydrogen-bond acceptors (Lipinski definition) is 4. The molecule has 0 saturated carbocycles. The van der Waals surface area contributed by atoms with Gasteiger partial charge in [-0.1, -0.05) is 30.3 Å². The number of piperidine rings is 1. The highest BCUT2D eigenvalue weighted by Gasteiger charge is 2.25. The lowest BCUT2D eigenvalue weighted by Gasteiger charge is -2.23. The fraction of sp³-hybridized carbons (Fsp3) is 0.529. The third kappa shape index (κ3) is 5.84. The fourth-order valence-corrected chi connectivity index (χ4v) is 2.70. The van der Waals surface area contributed by atoms with Crippen LogP contribution in [0.5, 0.6) is 0 Å². The van der Waals surface area contributed by atoms with E-state index in [2.05, 4.69) is 10.6 Å². The smallest absolute Gasteiger partial charge is 0.315 e. The molecule has 1 heterocycles. The Balaban J connectivity index is 0.00000264. The monoisotopic (exact) mass is 340 g/mol. The molecule has 2 N–H and O–H groups in total. The molecule has 1 fully saturated rings. The van der Waals surface area contributed by atoms with Crippen LogP contribution < -0.4 is 10.6 Å². The van der Waals surface area contributed by atoms with Crippen molar-refractivity contribution in [2.45, 2.75) is 25.7 Å². The molecule has 5 nitrogen and oxygen atoms in total. The van der Waals surface area contributed by atoms with E-state index in [0.29, 0.717) is 6.61 Å². The minimum absolute atomic E-state index is 0. The van der Waals surface area contributed by atoms with Gasteiger partial charge < -0.3 is 15.4 Å². The molecule has 1 unspecified atom stereocenters. The SMILES string of the molecule is CCOC(=O)C(CNC(=O)C1CCNCC1)c1ccccc1.Cl. The Morgan fingerprint density at radius 2 is 1.91 bits per heavy atom. The molecule has 2 rings (SSSR count). The average molecular weight is 341 g/mol. The van der Waals surface area contributed by atoms with Gasteiger partial charge in [0, 0.05) is 12.5 Å². The highest BCUT2D eigenvalue weighted by Crippen LogP contribution is 2.18. The molecule has 23 heavy (non-hydrogen) atoms. The van der Waals surface area contributed by atoms with Gasteiger partial charge in [-0.3, -0.25) is 9.59 Å². The third-order valence-corrected chi connectivity index (χ3v) is 3.96. The van der Waals surface area contributed by atoms with Crippen LogP contribution >= 0.6 is 12.4 Å². The predicted octanol–water partition coefficient (Wildman–Crippen LogP) is 1.87. The van der Waals surface area contributed by atoms with Crippen molar-refractivity contribution in [3.05, 3.63) is 35.9 Å². The summed E-state index contributed by atoms with van der Waals surface area (Å²) in [5.74, 6) is -0.669. The summed E-state index contributed by atoms with van der Waals surface area (Å²) in [5.41, 5.74) is 0.867. The maximum absolute atomic E-state index is 12.2. The largest absolute Gasteiger partial charge is 0.465 e. The first-order valence-electron chi connectivity index (χ1n) is 7.92. The number of nitrogens with one attached hydrogen (secondary N) is 2. The normalized spacial score (nSPS) is 16.0. The van der Waals surface area contributed by atoms with E-state index >= 15 is 0 Å². The molecule has 0 aliphatic carbocycles. The summed E-state index contributed by atoms with van der Waals surface area (Å²) in [7, 11) is 0. The molecule has 6 heteroatoms. The number of carbonyl (C=O) groups excluding carboxylic acids is 2. The molecule has 1 amide bonds. The van der Waals surface area contributed by atoms with Crippen molar-refractivity contribution < 1.29 is 14.3 Å². The highest BCUT2D eigenvalue weighted by molar-refractivity contribution is 5.85. The summed E-state index contributed by atoms with van der Waals surface area (Å²) >= 11 is 0. The van der Waals surface area contributed by atoms with E-state index in [1.54, 1.807) is 6.92 Å². The summed E-state index contributed by atoms with van der Waals surface area (Å²) in [5, 5.41) is 6.16. The molecule has 1 aliphatic rings. The van der Waals surface area contributed by atoms with Crippen LogP contribution in [-0.2, 0) is 14.3 Å².